The minimum Gasteiger partial charge on any atom is -0.475 e. The van der Waals surface area contributed by atoms with Gasteiger partial charge in [0.2, 0.25) is 5.88 Å². The second kappa shape index (κ2) is 8.81. The molecule has 5 nitrogen and oxygen atoms in total. The molecule has 0 spiro atoms. The van der Waals surface area contributed by atoms with Crippen molar-refractivity contribution < 1.29 is 14.3 Å². The molecular weight excluding hydrogens is 328 g/mol. The van der Waals surface area contributed by atoms with E-state index in [1.165, 1.54) is 0 Å². The van der Waals surface area contributed by atoms with Gasteiger partial charge in [-0.3, -0.25) is 4.79 Å². The van der Waals surface area contributed by atoms with Crippen LogP contribution < -0.4 is 9.64 Å². The Bertz CT molecular complexity index is 721. The maximum atomic E-state index is 12.8. The molecule has 0 aliphatic heterocycles. The summed E-state index contributed by atoms with van der Waals surface area (Å²) in [7, 11) is 0. The molecule has 0 saturated carbocycles. The summed E-state index contributed by atoms with van der Waals surface area (Å²) in [6, 6.07) is 11.3. The largest absolute Gasteiger partial charge is 0.475 e. The van der Waals surface area contributed by atoms with E-state index >= 15 is 0 Å². The zero-order chi connectivity index (χ0) is 19.2. The molecule has 0 bridgehead atoms. The van der Waals surface area contributed by atoms with Crippen molar-refractivity contribution in [1.82, 2.24) is 4.98 Å². The Balaban J connectivity index is 2.00. The van der Waals surface area contributed by atoms with Gasteiger partial charge >= 0.3 is 0 Å². The summed E-state index contributed by atoms with van der Waals surface area (Å²) >= 11 is 0. The normalized spacial score (nSPS) is 11.3. The van der Waals surface area contributed by atoms with Crippen molar-refractivity contribution in [2.45, 2.75) is 40.2 Å². The summed E-state index contributed by atoms with van der Waals surface area (Å²) in [5.74, 6) is 0.412. The van der Waals surface area contributed by atoms with Crippen LogP contribution in [0, 0.1) is 6.92 Å². The highest BCUT2D eigenvalue weighted by Gasteiger charge is 2.18. The van der Waals surface area contributed by atoms with Gasteiger partial charge in [0.15, 0.2) is 0 Å². The van der Waals surface area contributed by atoms with Crippen LogP contribution in [0.3, 0.4) is 0 Å². The number of amides is 1. The molecule has 0 aliphatic rings. The van der Waals surface area contributed by atoms with Gasteiger partial charge in [-0.15, -0.1) is 0 Å². The Kier molecular flexibility index (Phi) is 6.75. The van der Waals surface area contributed by atoms with Crippen molar-refractivity contribution in [1.29, 1.82) is 0 Å². The first-order valence-electron chi connectivity index (χ1n) is 8.92. The molecular formula is C21H28N2O3. The lowest BCUT2D eigenvalue weighted by Crippen LogP contribution is -2.31. The molecule has 0 fully saturated rings. The molecule has 0 N–H and O–H groups in total. The number of benzene rings is 1. The second-order valence-electron chi connectivity index (χ2n) is 7.03. The van der Waals surface area contributed by atoms with E-state index in [2.05, 4.69) is 4.98 Å². The van der Waals surface area contributed by atoms with E-state index in [-0.39, 0.29) is 11.5 Å². The highest BCUT2D eigenvalue weighted by atomic mass is 16.5. The average Bonchev–Trinajstić information content (AvgIpc) is 2.60. The van der Waals surface area contributed by atoms with Crippen molar-refractivity contribution >= 4 is 11.6 Å². The van der Waals surface area contributed by atoms with Gasteiger partial charge in [-0.2, -0.15) is 0 Å². The Labute approximate surface area is 156 Å². The number of aryl methyl sites for hydroxylation is 1. The fourth-order valence-corrected chi connectivity index (χ4v) is 2.53. The maximum absolute atomic E-state index is 12.8. The predicted octanol–water partition coefficient (Wildman–Crippen LogP) is 4.25. The Hall–Kier alpha value is -2.40. The molecule has 5 heteroatoms. The predicted molar refractivity (Wildman–Crippen MR) is 104 cm³/mol. The van der Waals surface area contributed by atoms with Crippen molar-refractivity contribution in [3.63, 3.8) is 0 Å². The zero-order valence-electron chi connectivity index (χ0n) is 16.3. The van der Waals surface area contributed by atoms with E-state index < -0.39 is 0 Å². The quantitative estimate of drug-likeness (QED) is 0.696. The first-order chi connectivity index (χ1) is 12.3. The Morgan fingerprint density at radius 2 is 1.85 bits per heavy atom. The smallest absolute Gasteiger partial charge is 0.259 e. The number of pyridine rings is 1. The molecule has 140 valence electrons. The minimum atomic E-state index is -0.188. The number of carbonyl (C=O) groups excluding carboxylic acids is 1. The van der Waals surface area contributed by atoms with E-state index in [0.29, 0.717) is 31.2 Å². The summed E-state index contributed by atoms with van der Waals surface area (Å²) in [4.78, 5) is 18.8. The maximum Gasteiger partial charge on any atom is 0.259 e. The fraction of sp³-hybridized carbons (Fsp3) is 0.429. The number of aromatic nitrogens is 1. The number of nitrogens with zero attached hydrogens (tertiary/aromatic N) is 2. The van der Waals surface area contributed by atoms with Gasteiger partial charge in [-0.05, 0) is 52.3 Å². The number of rotatable bonds is 7. The molecule has 0 atom stereocenters. The summed E-state index contributed by atoms with van der Waals surface area (Å²) in [6.45, 7) is 11.5. The summed E-state index contributed by atoms with van der Waals surface area (Å²) in [5.41, 5.74) is 2.33. The minimum absolute atomic E-state index is 0.0723. The standard InChI is InChI=1S/C21H28N2O3/c1-6-23(18-10-8-7-9-16(18)2)20(24)17-11-12-19(22-15-17)25-13-14-26-21(3,4)5/h7-12,15H,6,13-14H2,1-5H3. The first-order valence-corrected chi connectivity index (χ1v) is 8.92. The number of hydrogen-bond acceptors (Lipinski definition) is 4. The molecule has 26 heavy (non-hydrogen) atoms. The van der Waals surface area contributed by atoms with Gasteiger partial charge in [-0.1, -0.05) is 18.2 Å². The summed E-state index contributed by atoms with van der Waals surface area (Å²) in [5, 5.41) is 0. The van der Waals surface area contributed by atoms with Crippen LogP contribution in [0.5, 0.6) is 5.88 Å². The topological polar surface area (TPSA) is 51.7 Å². The van der Waals surface area contributed by atoms with Gasteiger partial charge in [0.1, 0.15) is 6.61 Å². The highest BCUT2D eigenvalue weighted by molar-refractivity contribution is 6.06. The third kappa shape index (κ3) is 5.56. The van der Waals surface area contributed by atoms with Crippen molar-refractivity contribution in [3.8, 4) is 5.88 Å². The molecule has 2 rings (SSSR count). The molecule has 0 unspecified atom stereocenters. The number of hydrogen-bond donors (Lipinski definition) is 0. The first kappa shape index (κ1) is 19.9. The van der Waals surface area contributed by atoms with Gasteiger partial charge in [0.05, 0.1) is 17.8 Å². The van der Waals surface area contributed by atoms with E-state index in [4.69, 9.17) is 9.47 Å². The van der Waals surface area contributed by atoms with Gasteiger partial charge in [0.25, 0.3) is 5.91 Å². The molecule has 1 aromatic heterocycles. The van der Waals surface area contributed by atoms with E-state index in [9.17, 15) is 4.79 Å². The molecule has 2 aromatic rings. The van der Waals surface area contributed by atoms with Crippen molar-refractivity contribution in [2.24, 2.45) is 0 Å². The van der Waals surface area contributed by atoms with Crippen LogP contribution in [-0.2, 0) is 4.74 Å². The van der Waals surface area contributed by atoms with Crippen LogP contribution in [0.15, 0.2) is 42.6 Å². The Morgan fingerprint density at radius 1 is 1.12 bits per heavy atom. The summed E-state index contributed by atoms with van der Waals surface area (Å²) in [6.07, 6.45) is 1.56. The number of para-hydroxylation sites is 1. The van der Waals surface area contributed by atoms with Crippen LogP contribution in [0.2, 0.25) is 0 Å². The second-order valence-corrected chi connectivity index (χ2v) is 7.03. The molecule has 0 aliphatic carbocycles. The van der Waals surface area contributed by atoms with Crippen LogP contribution in [-0.4, -0.2) is 36.3 Å². The van der Waals surface area contributed by atoms with Crippen LogP contribution in [0.1, 0.15) is 43.6 Å². The molecule has 1 aromatic carbocycles. The fourth-order valence-electron chi connectivity index (χ4n) is 2.53. The van der Waals surface area contributed by atoms with Crippen molar-refractivity contribution in [2.75, 3.05) is 24.7 Å². The Morgan fingerprint density at radius 3 is 2.42 bits per heavy atom. The molecule has 0 radical (unpaired) electrons. The third-order valence-corrected chi connectivity index (χ3v) is 3.82. The van der Waals surface area contributed by atoms with E-state index in [1.807, 2.05) is 58.9 Å². The van der Waals surface area contributed by atoms with Gasteiger partial charge < -0.3 is 14.4 Å². The highest BCUT2D eigenvalue weighted by Crippen LogP contribution is 2.21. The lowest BCUT2D eigenvalue weighted by Gasteiger charge is -2.23. The van der Waals surface area contributed by atoms with Crippen LogP contribution in [0.25, 0.3) is 0 Å². The zero-order valence-corrected chi connectivity index (χ0v) is 16.3. The molecule has 1 heterocycles. The number of anilines is 1. The van der Waals surface area contributed by atoms with Crippen LogP contribution >= 0.6 is 0 Å². The number of carbonyl (C=O) groups is 1. The monoisotopic (exact) mass is 356 g/mol. The molecule has 0 saturated heterocycles. The third-order valence-electron chi connectivity index (χ3n) is 3.82. The summed E-state index contributed by atoms with van der Waals surface area (Å²) < 4.78 is 11.2. The lowest BCUT2D eigenvalue weighted by atomic mass is 10.1. The lowest BCUT2D eigenvalue weighted by molar-refractivity contribution is -0.0168. The SMILES string of the molecule is CCN(C(=O)c1ccc(OCCOC(C)(C)C)nc1)c1ccccc1C. The van der Waals surface area contributed by atoms with Gasteiger partial charge in [-0.25, -0.2) is 4.98 Å². The van der Waals surface area contributed by atoms with Crippen LogP contribution in [0.4, 0.5) is 5.69 Å². The van der Waals surface area contributed by atoms with Gasteiger partial charge in [0, 0.05) is 24.5 Å². The number of ether oxygens (including phenoxy) is 2. The molecule has 1 amide bonds. The van der Waals surface area contributed by atoms with E-state index in [0.717, 1.165) is 11.3 Å². The van der Waals surface area contributed by atoms with E-state index in [1.54, 1.807) is 23.2 Å². The average molecular weight is 356 g/mol. The van der Waals surface area contributed by atoms with Crippen molar-refractivity contribution in [3.05, 3.63) is 53.7 Å².